The smallest absolute Gasteiger partial charge is 0.267 e. The topological polar surface area (TPSA) is 121 Å². The van der Waals surface area contributed by atoms with E-state index < -0.39 is 24.1 Å². The molecule has 5 aromatic rings. The molecule has 0 aliphatic carbocycles. The van der Waals surface area contributed by atoms with Gasteiger partial charge in [-0.15, -0.1) is 0 Å². The predicted octanol–water partition coefficient (Wildman–Crippen LogP) is 7.07. The normalized spacial score (nSPS) is 21.7. The highest BCUT2D eigenvalue weighted by Gasteiger charge is 2.47. The van der Waals surface area contributed by atoms with E-state index in [0.29, 0.717) is 66.5 Å². The first-order chi connectivity index (χ1) is 25.8. The summed E-state index contributed by atoms with van der Waals surface area (Å²) >= 11 is 6.50. The number of benzene rings is 2. The molecule has 0 spiro atoms. The van der Waals surface area contributed by atoms with Crippen LogP contribution in [0.2, 0.25) is 5.02 Å². The highest BCUT2D eigenvalue weighted by molar-refractivity contribution is 6.32. The van der Waals surface area contributed by atoms with Gasteiger partial charge in [0.2, 0.25) is 11.8 Å². The molecular formula is C39H40ClF3N8O3. The van der Waals surface area contributed by atoms with E-state index in [1.165, 1.54) is 6.20 Å². The van der Waals surface area contributed by atoms with Crippen molar-refractivity contribution >= 4 is 40.3 Å². The number of amides is 2. The van der Waals surface area contributed by atoms with Crippen molar-refractivity contribution < 1.29 is 27.5 Å². The van der Waals surface area contributed by atoms with E-state index in [0.717, 1.165) is 22.5 Å². The summed E-state index contributed by atoms with van der Waals surface area (Å²) in [4.78, 5) is 39.6. The summed E-state index contributed by atoms with van der Waals surface area (Å²) in [5, 5.41) is 7.03. The Morgan fingerprint density at radius 1 is 0.981 bits per heavy atom. The monoisotopic (exact) mass is 760 g/mol. The molecule has 8 rings (SSSR count). The number of nitrogens with one attached hydrogen (secondary N) is 2. The Labute approximate surface area is 314 Å². The molecule has 54 heavy (non-hydrogen) atoms. The van der Waals surface area contributed by atoms with E-state index in [-0.39, 0.29) is 48.6 Å². The SMILES string of the molecule is Cc1nn(C)cc1-c1nc2ncc(Cl)c(Oc3ccc(C4CCN(CC5(F)CCN(c6ccc([C@@H]7CCC(=O)NC7=O)cc6)CC5)CC4(F)F)cc3)c2[nH]1. The van der Waals surface area contributed by atoms with Gasteiger partial charge in [-0.25, -0.2) is 23.1 Å². The highest BCUT2D eigenvalue weighted by Crippen LogP contribution is 2.43. The number of pyridine rings is 1. The summed E-state index contributed by atoms with van der Waals surface area (Å²) in [6, 6.07) is 14.2. The van der Waals surface area contributed by atoms with Gasteiger partial charge in [-0.1, -0.05) is 35.9 Å². The van der Waals surface area contributed by atoms with Gasteiger partial charge in [-0.3, -0.25) is 24.5 Å². The number of H-pyrrole nitrogens is 1. The molecule has 2 aromatic carbocycles. The van der Waals surface area contributed by atoms with E-state index in [1.54, 1.807) is 33.8 Å². The summed E-state index contributed by atoms with van der Waals surface area (Å²) in [5.41, 5.74) is 3.19. The predicted molar refractivity (Wildman–Crippen MR) is 198 cm³/mol. The summed E-state index contributed by atoms with van der Waals surface area (Å²) < 4.78 is 55.5. The number of aryl methyl sites for hydroxylation is 2. The van der Waals surface area contributed by atoms with Gasteiger partial charge in [0.1, 0.15) is 27.8 Å². The molecular weight excluding hydrogens is 721 g/mol. The molecule has 0 saturated carbocycles. The van der Waals surface area contributed by atoms with Gasteiger partial charge in [0.25, 0.3) is 5.92 Å². The molecule has 3 aliphatic heterocycles. The largest absolute Gasteiger partial charge is 0.453 e. The van der Waals surface area contributed by atoms with E-state index in [1.807, 2.05) is 44.4 Å². The summed E-state index contributed by atoms with van der Waals surface area (Å²) in [6.45, 7) is 2.60. The van der Waals surface area contributed by atoms with Crippen LogP contribution in [0, 0.1) is 6.92 Å². The fourth-order valence-electron chi connectivity index (χ4n) is 8.07. The number of anilines is 1. The van der Waals surface area contributed by atoms with Crippen LogP contribution in [0.4, 0.5) is 18.9 Å². The zero-order valence-corrected chi connectivity index (χ0v) is 30.7. The van der Waals surface area contributed by atoms with Crippen LogP contribution in [0.1, 0.15) is 60.8 Å². The number of imidazole rings is 1. The van der Waals surface area contributed by atoms with E-state index in [9.17, 15) is 9.59 Å². The fraction of sp³-hybridized carbons (Fsp3) is 0.410. The average Bonchev–Trinajstić information content (AvgIpc) is 3.72. The van der Waals surface area contributed by atoms with E-state index >= 15 is 13.2 Å². The lowest BCUT2D eigenvalue weighted by molar-refractivity contribution is -0.134. The number of ether oxygens (including phenoxy) is 1. The highest BCUT2D eigenvalue weighted by atomic mass is 35.5. The Hall–Kier alpha value is -4.95. The number of fused-ring (bicyclic) bond motifs is 1. The minimum Gasteiger partial charge on any atom is -0.453 e. The summed E-state index contributed by atoms with van der Waals surface area (Å²) in [5.74, 6) is -3.67. The van der Waals surface area contributed by atoms with Gasteiger partial charge in [-0.05, 0) is 61.7 Å². The number of carbonyl (C=O) groups is 2. The van der Waals surface area contributed by atoms with Crippen molar-refractivity contribution in [1.82, 2.24) is 34.9 Å². The third-order valence-corrected chi connectivity index (χ3v) is 11.2. The van der Waals surface area contributed by atoms with Crippen LogP contribution < -0.4 is 15.0 Å². The van der Waals surface area contributed by atoms with Crippen LogP contribution in [0.5, 0.6) is 11.5 Å². The molecule has 0 radical (unpaired) electrons. The van der Waals surface area contributed by atoms with Gasteiger partial charge in [0, 0.05) is 57.8 Å². The maximum Gasteiger partial charge on any atom is 0.267 e. The zero-order valence-electron chi connectivity index (χ0n) is 29.9. The molecule has 282 valence electrons. The molecule has 3 aromatic heterocycles. The lowest BCUT2D eigenvalue weighted by Crippen LogP contribution is -2.54. The first-order valence-corrected chi connectivity index (χ1v) is 18.5. The molecule has 15 heteroatoms. The van der Waals surface area contributed by atoms with Gasteiger partial charge in [0.15, 0.2) is 11.4 Å². The number of likely N-dealkylation sites (tertiary alicyclic amines) is 1. The molecule has 2 atom stereocenters. The average molecular weight is 761 g/mol. The molecule has 2 N–H and O–H groups in total. The zero-order chi connectivity index (χ0) is 37.8. The number of nitrogens with zero attached hydrogens (tertiary/aromatic N) is 6. The quantitative estimate of drug-likeness (QED) is 0.161. The van der Waals surface area contributed by atoms with Gasteiger partial charge in [-0.2, -0.15) is 5.10 Å². The number of hydrogen-bond acceptors (Lipinski definition) is 8. The maximum absolute atomic E-state index is 16.1. The van der Waals surface area contributed by atoms with E-state index in [2.05, 4.69) is 30.3 Å². The number of aromatic nitrogens is 5. The van der Waals surface area contributed by atoms with Crippen LogP contribution in [-0.2, 0) is 16.6 Å². The molecule has 6 heterocycles. The van der Waals surface area contributed by atoms with Crippen LogP contribution in [0.3, 0.4) is 0 Å². The van der Waals surface area contributed by atoms with Gasteiger partial charge < -0.3 is 14.6 Å². The molecule has 2 amide bonds. The second-order valence-corrected chi connectivity index (χ2v) is 15.1. The number of hydrogen-bond donors (Lipinski definition) is 2. The van der Waals surface area contributed by atoms with Crippen molar-refractivity contribution in [3.05, 3.63) is 82.8 Å². The fourth-order valence-corrected chi connectivity index (χ4v) is 8.25. The number of halogens is 4. The first kappa shape index (κ1) is 36.0. The minimum atomic E-state index is -3.06. The molecule has 3 aliphatic rings. The second-order valence-electron chi connectivity index (χ2n) is 14.7. The Kier molecular flexibility index (Phi) is 9.37. The number of rotatable bonds is 8. The van der Waals surface area contributed by atoms with Crippen molar-refractivity contribution in [2.75, 3.05) is 37.6 Å². The first-order valence-electron chi connectivity index (χ1n) is 18.1. The molecule has 1 unspecified atom stereocenters. The van der Waals surface area contributed by atoms with Gasteiger partial charge in [0.05, 0.1) is 35.8 Å². The number of carbonyl (C=O) groups excluding carboxylic acids is 2. The van der Waals surface area contributed by atoms with Crippen LogP contribution >= 0.6 is 11.6 Å². The maximum atomic E-state index is 16.1. The molecule has 3 fully saturated rings. The third-order valence-electron chi connectivity index (χ3n) is 10.9. The standard InChI is InChI=1S/C39H40ClF3N8O3/c1-23-29(20-49(2)48-23)35-46-33-34(31(40)19-44-36(33)47-35)54-27-9-5-25(6-10-27)30-13-16-50(22-39(30,42)43)21-38(41)14-17-51(18-15-38)26-7-3-24(4-8-26)28-11-12-32(52)45-37(28)53/h3-10,19-20,28,30H,11-18,21-22H2,1-2H3,(H,44,46,47)(H,45,52,53)/t28-,30?/m0/s1. The molecule has 3 saturated heterocycles. The Bertz CT molecular complexity index is 2200. The van der Waals surface area contributed by atoms with Gasteiger partial charge >= 0.3 is 0 Å². The van der Waals surface area contributed by atoms with Crippen molar-refractivity contribution in [2.24, 2.45) is 7.05 Å². The number of piperidine rings is 3. The molecule has 0 bridgehead atoms. The summed E-state index contributed by atoms with van der Waals surface area (Å²) in [7, 11) is 1.83. The Morgan fingerprint density at radius 3 is 2.37 bits per heavy atom. The van der Waals surface area contributed by atoms with Crippen LogP contribution in [0.25, 0.3) is 22.6 Å². The van der Waals surface area contributed by atoms with Crippen molar-refractivity contribution in [3.8, 4) is 22.9 Å². The van der Waals surface area contributed by atoms with Crippen LogP contribution in [0.15, 0.2) is 60.9 Å². The van der Waals surface area contributed by atoms with E-state index in [4.69, 9.17) is 16.3 Å². The Balaban J connectivity index is 0.870. The lowest BCUT2D eigenvalue weighted by Gasteiger charge is -2.44. The lowest BCUT2D eigenvalue weighted by atomic mass is 9.85. The summed E-state index contributed by atoms with van der Waals surface area (Å²) in [6.07, 6.45) is 4.74. The second kappa shape index (κ2) is 14.0. The molecule has 11 nitrogen and oxygen atoms in total. The number of aromatic amines is 1. The van der Waals surface area contributed by atoms with Crippen molar-refractivity contribution in [2.45, 2.75) is 62.5 Å². The van der Waals surface area contributed by atoms with Crippen molar-refractivity contribution in [3.63, 3.8) is 0 Å². The number of imide groups is 1. The van der Waals surface area contributed by atoms with Crippen molar-refractivity contribution in [1.29, 1.82) is 0 Å². The van der Waals surface area contributed by atoms with Crippen LogP contribution in [-0.4, -0.2) is 85.8 Å². The minimum absolute atomic E-state index is 0.0405. The number of alkyl halides is 3. The Morgan fingerprint density at radius 2 is 1.70 bits per heavy atom. The third kappa shape index (κ3) is 7.16.